The second-order valence-corrected chi connectivity index (χ2v) is 8.27. The molecule has 4 rings (SSSR count). The average Bonchev–Trinajstić information content (AvgIpc) is 3.03. The van der Waals surface area contributed by atoms with Crippen molar-refractivity contribution in [2.75, 3.05) is 18.0 Å². The van der Waals surface area contributed by atoms with Crippen LogP contribution in [0.1, 0.15) is 36.8 Å². The highest BCUT2D eigenvalue weighted by molar-refractivity contribution is 8.14. The van der Waals surface area contributed by atoms with Crippen LogP contribution in [0.4, 0.5) is 19.0 Å². The molecule has 0 amide bonds. The lowest BCUT2D eigenvalue weighted by molar-refractivity contribution is -0.143. The normalized spacial score (nSPS) is 18.8. The number of aromatic nitrogens is 3. The molecule has 0 saturated carbocycles. The first-order valence-corrected chi connectivity index (χ1v) is 9.69. The lowest BCUT2D eigenvalue weighted by Crippen LogP contribution is -2.48. The Morgan fingerprint density at radius 3 is 2.68 bits per heavy atom. The molecule has 28 heavy (non-hydrogen) atoms. The van der Waals surface area contributed by atoms with E-state index in [1.165, 1.54) is 12.1 Å². The third-order valence-corrected chi connectivity index (χ3v) is 5.95. The molecule has 0 radical (unpaired) electrons. The standard InChI is InChI=1S/C18H19F3N6S/c1-17(22)4-7-27(8-5-17)13-10-24-14-11(26-13)9-25-16(14)28-12-3-2-6-23-15(12)18(19,20)21/h2-3,6,10H,4-5,7-9,22H2,1H3. The van der Waals surface area contributed by atoms with Gasteiger partial charge >= 0.3 is 6.18 Å². The lowest BCUT2D eigenvalue weighted by atomic mass is 9.91. The van der Waals surface area contributed by atoms with E-state index in [4.69, 9.17) is 5.73 Å². The van der Waals surface area contributed by atoms with Gasteiger partial charge in [-0.05, 0) is 31.9 Å². The summed E-state index contributed by atoms with van der Waals surface area (Å²) in [6.07, 6.45) is 0.00367. The first kappa shape index (κ1) is 19.1. The summed E-state index contributed by atoms with van der Waals surface area (Å²) in [4.78, 5) is 19.1. The number of rotatable bonds is 2. The maximum Gasteiger partial charge on any atom is 0.434 e. The predicted octanol–water partition coefficient (Wildman–Crippen LogP) is 3.26. The predicted molar refractivity (Wildman–Crippen MR) is 101 cm³/mol. The summed E-state index contributed by atoms with van der Waals surface area (Å²) >= 11 is 0.923. The summed E-state index contributed by atoms with van der Waals surface area (Å²) in [6, 6.07) is 2.87. The van der Waals surface area contributed by atoms with Crippen LogP contribution in [-0.4, -0.2) is 38.6 Å². The molecule has 0 aromatic carbocycles. The summed E-state index contributed by atoms with van der Waals surface area (Å²) in [7, 11) is 0. The third kappa shape index (κ3) is 3.83. The molecule has 1 fully saturated rings. The van der Waals surface area contributed by atoms with Crippen LogP contribution in [0.3, 0.4) is 0 Å². The third-order valence-electron chi connectivity index (χ3n) is 4.88. The van der Waals surface area contributed by atoms with Crippen molar-refractivity contribution in [1.82, 2.24) is 15.0 Å². The number of hydrogen-bond donors (Lipinski definition) is 1. The SMILES string of the molecule is CC1(N)CCN(c2cnc3c(n2)CN=C3Sc2cccnc2C(F)(F)F)CC1. The minimum Gasteiger partial charge on any atom is -0.355 e. The van der Waals surface area contributed by atoms with Crippen molar-refractivity contribution in [1.29, 1.82) is 0 Å². The van der Waals surface area contributed by atoms with E-state index in [0.29, 0.717) is 23.0 Å². The van der Waals surface area contributed by atoms with Gasteiger partial charge in [-0.15, -0.1) is 0 Å². The molecule has 0 atom stereocenters. The van der Waals surface area contributed by atoms with Gasteiger partial charge in [0.1, 0.15) is 16.6 Å². The zero-order chi connectivity index (χ0) is 19.9. The second kappa shape index (κ2) is 7.00. The fourth-order valence-corrected chi connectivity index (χ4v) is 4.21. The molecule has 1 saturated heterocycles. The number of thioether (sulfide) groups is 1. The minimum absolute atomic E-state index is 0.00531. The highest BCUT2D eigenvalue weighted by atomic mass is 32.2. The number of fused-ring (bicyclic) bond motifs is 1. The monoisotopic (exact) mass is 408 g/mol. The van der Waals surface area contributed by atoms with Gasteiger partial charge in [0.05, 0.1) is 18.4 Å². The first-order valence-electron chi connectivity index (χ1n) is 8.88. The quantitative estimate of drug-likeness (QED) is 0.822. The Hall–Kier alpha value is -2.20. The molecule has 10 heteroatoms. The maximum atomic E-state index is 13.2. The van der Waals surface area contributed by atoms with Crippen molar-refractivity contribution >= 4 is 22.6 Å². The molecule has 2 aliphatic rings. The molecule has 2 aliphatic heterocycles. The van der Waals surface area contributed by atoms with Gasteiger partial charge in [0.25, 0.3) is 0 Å². The molecular weight excluding hydrogens is 389 g/mol. The Morgan fingerprint density at radius 1 is 1.21 bits per heavy atom. The average molecular weight is 408 g/mol. The second-order valence-electron chi connectivity index (χ2n) is 7.24. The molecule has 0 aliphatic carbocycles. The minimum atomic E-state index is -4.52. The fraction of sp³-hybridized carbons (Fsp3) is 0.444. The molecule has 2 aromatic rings. The van der Waals surface area contributed by atoms with Crippen LogP contribution >= 0.6 is 11.8 Å². The van der Waals surface area contributed by atoms with E-state index in [1.54, 1.807) is 6.20 Å². The number of piperidine rings is 1. The first-order chi connectivity index (χ1) is 13.2. The van der Waals surface area contributed by atoms with E-state index >= 15 is 0 Å². The number of hydrogen-bond acceptors (Lipinski definition) is 7. The number of aliphatic imine (C=N–C) groups is 1. The van der Waals surface area contributed by atoms with Crippen LogP contribution in [0.2, 0.25) is 0 Å². The largest absolute Gasteiger partial charge is 0.434 e. The molecule has 0 unspecified atom stereocenters. The molecule has 6 nitrogen and oxygen atoms in total. The van der Waals surface area contributed by atoms with E-state index in [0.717, 1.165) is 49.7 Å². The van der Waals surface area contributed by atoms with Gasteiger partial charge in [0.15, 0.2) is 5.69 Å². The number of alkyl halides is 3. The summed E-state index contributed by atoms with van der Waals surface area (Å²) in [6.45, 7) is 3.95. The van der Waals surface area contributed by atoms with Crippen LogP contribution in [0, 0.1) is 0 Å². The van der Waals surface area contributed by atoms with Crippen molar-refractivity contribution in [2.24, 2.45) is 10.7 Å². The fourth-order valence-electron chi connectivity index (χ4n) is 3.20. The van der Waals surface area contributed by atoms with E-state index in [2.05, 4.69) is 24.8 Å². The van der Waals surface area contributed by atoms with Crippen molar-refractivity contribution in [3.05, 3.63) is 41.6 Å². The maximum absolute atomic E-state index is 13.2. The van der Waals surface area contributed by atoms with Crippen LogP contribution in [0.25, 0.3) is 0 Å². The van der Waals surface area contributed by atoms with E-state index < -0.39 is 11.9 Å². The Bertz CT molecular complexity index is 918. The van der Waals surface area contributed by atoms with Crippen molar-refractivity contribution in [3.63, 3.8) is 0 Å². The van der Waals surface area contributed by atoms with Gasteiger partial charge in [-0.1, -0.05) is 11.8 Å². The zero-order valence-corrected chi connectivity index (χ0v) is 16.0. The van der Waals surface area contributed by atoms with Crippen LogP contribution < -0.4 is 10.6 Å². The molecular formula is C18H19F3N6S. The molecule has 148 valence electrons. The van der Waals surface area contributed by atoms with Gasteiger partial charge < -0.3 is 10.6 Å². The lowest BCUT2D eigenvalue weighted by Gasteiger charge is -2.37. The summed E-state index contributed by atoms with van der Waals surface area (Å²) in [5.41, 5.74) is 6.31. The number of pyridine rings is 1. The van der Waals surface area contributed by atoms with E-state index in [9.17, 15) is 13.2 Å². The smallest absolute Gasteiger partial charge is 0.355 e. The molecule has 2 aromatic heterocycles. The summed E-state index contributed by atoms with van der Waals surface area (Å²) in [5.74, 6) is 0.757. The van der Waals surface area contributed by atoms with Crippen molar-refractivity contribution in [2.45, 2.75) is 42.9 Å². The van der Waals surface area contributed by atoms with Gasteiger partial charge in [-0.25, -0.2) is 9.97 Å². The molecule has 2 N–H and O–H groups in total. The summed E-state index contributed by atoms with van der Waals surface area (Å²) < 4.78 is 39.5. The van der Waals surface area contributed by atoms with Gasteiger partial charge in [0.2, 0.25) is 0 Å². The van der Waals surface area contributed by atoms with Gasteiger partial charge in [-0.2, -0.15) is 13.2 Å². The highest BCUT2D eigenvalue weighted by Gasteiger charge is 2.36. The number of nitrogens with zero attached hydrogens (tertiary/aromatic N) is 5. The number of nitrogens with two attached hydrogens (primary N) is 1. The van der Waals surface area contributed by atoms with Crippen LogP contribution in [0.5, 0.6) is 0 Å². The molecule has 0 bridgehead atoms. The summed E-state index contributed by atoms with van der Waals surface area (Å²) in [5, 5.41) is 0.431. The topological polar surface area (TPSA) is 80.3 Å². The van der Waals surface area contributed by atoms with Gasteiger partial charge in [-0.3, -0.25) is 9.98 Å². The van der Waals surface area contributed by atoms with Crippen molar-refractivity contribution in [3.8, 4) is 0 Å². The highest BCUT2D eigenvalue weighted by Crippen LogP contribution is 2.37. The van der Waals surface area contributed by atoms with Crippen LogP contribution in [0.15, 0.2) is 34.4 Å². The van der Waals surface area contributed by atoms with Gasteiger partial charge in [0, 0.05) is 29.7 Å². The zero-order valence-electron chi connectivity index (χ0n) is 15.2. The van der Waals surface area contributed by atoms with E-state index in [1.807, 2.05) is 6.92 Å². The molecule has 4 heterocycles. The Labute approximate surface area is 164 Å². The Kier molecular flexibility index (Phi) is 4.78. The number of anilines is 1. The van der Waals surface area contributed by atoms with E-state index in [-0.39, 0.29) is 10.4 Å². The Morgan fingerprint density at radius 2 is 1.96 bits per heavy atom. The van der Waals surface area contributed by atoms with Crippen LogP contribution in [-0.2, 0) is 12.7 Å². The van der Waals surface area contributed by atoms with Crippen molar-refractivity contribution < 1.29 is 13.2 Å². The molecule has 0 spiro atoms. The number of halogens is 3. The Balaban J connectivity index is 1.53.